The van der Waals surface area contributed by atoms with E-state index in [0.717, 1.165) is 23.5 Å². The number of ether oxygens (including phenoxy) is 1. The summed E-state index contributed by atoms with van der Waals surface area (Å²) in [7, 11) is 1.72. The van der Waals surface area contributed by atoms with E-state index in [4.69, 9.17) is 4.74 Å². The zero-order valence-corrected chi connectivity index (χ0v) is 11.9. The van der Waals surface area contributed by atoms with Gasteiger partial charge in [0.25, 0.3) is 0 Å². The zero-order valence-electron chi connectivity index (χ0n) is 11.1. The quantitative estimate of drug-likeness (QED) is 0.840. The molecular formula is C15H19NO2S. The van der Waals surface area contributed by atoms with Gasteiger partial charge in [-0.2, -0.15) is 11.8 Å². The van der Waals surface area contributed by atoms with Crippen LogP contribution in [0.1, 0.15) is 12.0 Å². The Bertz CT molecular complexity index is 439. The molecule has 0 unspecified atom stereocenters. The lowest BCUT2D eigenvalue weighted by Gasteiger charge is -2.26. The van der Waals surface area contributed by atoms with Crippen LogP contribution in [0.25, 0.3) is 6.08 Å². The summed E-state index contributed by atoms with van der Waals surface area (Å²) >= 11 is 1.87. The SMILES string of the molecule is CO[C@]1(CNC(=O)/C=C/c2ccccc2)CCSC1. The Morgan fingerprint density at radius 1 is 1.47 bits per heavy atom. The number of thioether (sulfide) groups is 1. The van der Waals surface area contributed by atoms with Gasteiger partial charge in [-0.1, -0.05) is 30.3 Å². The molecule has 0 aromatic heterocycles. The van der Waals surface area contributed by atoms with Crippen molar-refractivity contribution in [2.75, 3.05) is 25.2 Å². The summed E-state index contributed by atoms with van der Waals surface area (Å²) in [6.07, 6.45) is 4.38. The van der Waals surface area contributed by atoms with E-state index in [0.29, 0.717) is 6.54 Å². The summed E-state index contributed by atoms with van der Waals surface area (Å²) in [6.45, 7) is 0.578. The summed E-state index contributed by atoms with van der Waals surface area (Å²) in [6, 6.07) is 9.79. The number of nitrogens with one attached hydrogen (secondary N) is 1. The Kier molecular flexibility index (Phi) is 5.05. The van der Waals surface area contributed by atoms with Crippen molar-refractivity contribution < 1.29 is 9.53 Å². The number of carbonyl (C=O) groups excluding carboxylic acids is 1. The first-order chi connectivity index (χ1) is 9.24. The standard InChI is InChI=1S/C15H19NO2S/c1-18-15(9-10-19-12-15)11-16-14(17)8-7-13-5-3-2-4-6-13/h2-8H,9-12H2,1H3,(H,16,17)/b8-7+/t15-/m0/s1. The second-order valence-corrected chi connectivity index (χ2v) is 5.76. The Balaban J connectivity index is 1.83. The molecule has 0 saturated carbocycles. The third kappa shape index (κ3) is 4.11. The molecular weight excluding hydrogens is 258 g/mol. The minimum Gasteiger partial charge on any atom is -0.376 e. The molecule has 1 amide bonds. The molecule has 1 atom stereocenters. The Morgan fingerprint density at radius 2 is 2.26 bits per heavy atom. The third-order valence-electron chi connectivity index (χ3n) is 3.31. The molecule has 19 heavy (non-hydrogen) atoms. The molecule has 1 heterocycles. The maximum Gasteiger partial charge on any atom is 0.244 e. The van der Waals surface area contributed by atoms with Gasteiger partial charge in [-0.3, -0.25) is 4.79 Å². The summed E-state index contributed by atoms with van der Waals surface area (Å²) in [5, 5.41) is 2.92. The first-order valence-electron chi connectivity index (χ1n) is 6.38. The summed E-state index contributed by atoms with van der Waals surface area (Å²) in [4.78, 5) is 11.8. The van der Waals surface area contributed by atoms with Crippen LogP contribution in [-0.2, 0) is 9.53 Å². The fourth-order valence-corrected chi connectivity index (χ4v) is 3.40. The predicted octanol–water partition coefficient (Wildman–Crippen LogP) is 2.34. The topological polar surface area (TPSA) is 38.3 Å². The number of carbonyl (C=O) groups is 1. The minimum absolute atomic E-state index is 0.0721. The molecule has 102 valence electrons. The first-order valence-corrected chi connectivity index (χ1v) is 7.53. The Labute approximate surface area is 118 Å². The molecule has 1 aromatic rings. The van der Waals surface area contributed by atoms with Crippen molar-refractivity contribution in [1.29, 1.82) is 0 Å². The van der Waals surface area contributed by atoms with E-state index < -0.39 is 0 Å². The van der Waals surface area contributed by atoms with Crippen LogP contribution in [0.3, 0.4) is 0 Å². The predicted molar refractivity (Wildman–Crippen MR) is 80.2 cm³/mol. The highest BCUT2D eigenvalue weighted by Gasteiger charge is 2.34. The molecule has 0 aliphatic carbocycles. The summed E-state index contributed by atoms with van der Waals surface area (Å²) < 4.78 is 5.55. The zero-order chi connectivity index (χ0) is 13.6. The normalized spacial score (nSPS) is 22.8. The molecule has 0 bridgehead atoms. The van der Waals surface area contributed by atoms with Crippen molar-refractivity contribution in [3.05, 3.63) is 42.0 Å². The molecule has 1 saturated heterocycles. The number of methoxy groups -OCH3 is 1. The number of benzene rings is 1. The van der Waals surface area contributed by atoms with E-state index in [2.05, 4.69) is 5.32 Å². The summed E-state index contributed by atoms with van der Waals surface area (Å²) in [5.41, 5.74) is 0.844. The van der Waals surface area contributed by atoms with E-state index in [9.17, 15) is 4.79 Å². The number of hydrogen-bond acceptors (Lipinski definition) is 3. The van der Waals surface area contributed by atoms with E-state index in [-0.39, 0.29) is 11.5 Å². The van der Waals surface area contributed by atoms with Crippen molar-refractivity contribution in [3.63, 3.8) is 0 Å². The number of hydrogen-bond donors (Lipinski definition) is 1. The van der Waals surface area contributed by atoms with E-state index in [1.54, 1.807) is 13.2 Å². The van der Waals surface area contributed by atoms with Gasteiger partial charge >= 0.3 is 0 Å². The highest BCUT2D eigenvalue weighted by Crippen LogP contribution is 2.30. The second kappa shape index (κ2) is 6.78. The maximum absolute atomic E-state index is 11.8. The highest BCUT2D eigenvalue weighted by atomic mass is 32.2. The van der Waals surface area contributed by atoms with Crippen molar-refractivity contribution in [3.8, 4) is 0 Å². The van der Waals surface area contributed by atoms with Gasteiger partial charge in [0.2, 0.25) is 5.91 Å². The number of rotatable bonds is 5. The van der Waals surface area contributed by atoms with Gasteiger partial charge in [0.05, 0.1) is 5.60 Å². The third-order valence-corrected chi connectivity index (χ3v) is 4.53. The van der Waals surface area contributed by atoms with Crippen molar-refractivity contribution in [2.24, 2.45) is 0 Å². The highest BCUT2D eigenvalue weighted by molar-refractivity contribution is 7.99. The lowest BCUT2D eigenvalue weighted by atomic mass is 10.0. The smallest absolute Gasteiger partial charge is 0.244 e. The second-order valence-electron chi connectivity index (χ2n) is 4.65. The summed E-state index contributed by atoms with van der Waals surface area (Å²) in [5.74, 6) is 1.98. The van der Waals surface area contributed by atoms with E-state index in [1.165, 1.54) is 0 Å². The molecule has 4 heteroatoms. The fourth-order valence-electron chi connectivity index (χ4n) is 2.00. The van der Waals surface area contributed by atoms with Gasteiger partial charge in [-0.15, -0.1) is 0 Å². The fraction of sp³-hybridized carbons (Fsp3) is 0.400. The van der Waals surface area contributed by atoms with Crippen LogP contribution in [0.4, 0.5) is 0 Å². The molecule has 2 rings (SSSR count). The van der Waals surface area contributed by atoms with Gasteiger partial charge in [0, 0.05) is 25.5 Å². The van der Waals surface area contributed by atoms with Crippen LogP contribution in [0.15, 0.2) is 36.4 Å². The molecule has 1 aliphatic heterocycles. The van der Waals surface area contributed by atoms with Crippen LogP contribution in [-0.4, -0.2) is 36.7 Å². The van der Waals surface area contributed by atoms with Crippen LogP contribution >= 0.6 is 11.8 Å². The molecule has 1 fully saturated rings. The van der Waals surface area contributed by atoms with Gasteiger partial charge in [-0.05, 0) is 23.8 Å². The average molecular weight is 277 g/mol. The van der Waals surface area contributed by atoms with Gasteiger partial charge in [0.15, 0.2) is 0 Å². The van der Waals surface area contributed by atoms with Gasteiger partial charge < -0.3 is 10.1 Å². The van der Waals surface area contributed by atoms with Crippen molar-refractivity contribution >= 4 is 23.7 Å². The Hall–Kier alpha value is -1.26. The van der Waals surface area contributed by atoms with Gasteiger partial charge in [0.1, 0.15) is 0 Å². The molecule has 1 aromatic carbocycles. The van der Waals surface area contributed by atoms with Crippen LogP contribution in [0, 0.1) is 0 Å². The van der Waals surface area contributed by atoms with E-state index in [1.807, 2.05) is 48.2 Å². The lowest BCUT2D eigenvalue weighted by molar-refractivity contribution is -0.117. The lowest BCUT2D eigenvalue weighted by Crippen LogP contribution is -2.44. The average Bonchev–Trinajstić information content (AvgIpc) is 2.93. The Morgan fingerprint density at radius 3 is 2.89 bits per heavy atom. The molecule has 0 radical (unpaired) electrons. The molecule has 1 aliphatic rings. The van der Waals surface area contributed by atoms with Crippen LogP contribution in [0.2, 0.25) is 0 Å². The van der Waals surface area contributed by atoms with Gasteiger partial charge in [-0.25, -0.2) is 0 Å². The maximum atomic E-state index is 11.8. The largest absolute Gasteiger partial charge is 0.376 e. The van der Waals surface area contributed by atoms with Crippen LogP contribution < -0.4 is 5.32 Å². The monoisotopic (exact) mass is 277 g/mol. The molecule has 1 N–H and O–H groups in total. The molecule has 3 nitrogen and oxygen atoms in total. The van der Waals surface area contributed by atoms with Crippen molar-refractivity contribution in [2.45, 2.75) is 12.0 Å². The first kappa shape index (κ1) is 14.2. The van der Waals surface area contributed by atoms with Crippen LogP contribution in [0.5, 0.6) is 0 Å². The van der Waals surface area contributed by atoms with E-state index >= 15 is 0 Å². The van der Waals surface area contributed by atoms with Crippen molar-refractivity contribution in [1.82, 2.24) is 5.32 Å². The minimum atomic E-state index is -0.180. The number of amides is 1. The molecule has 0 spiro atoms.